The molecule has 0 fully saturated rings. The Balaban J connectivity index is 2.29. The van der Waals surface area contributed by atoms with Gasteiger partial charge in [-0.25, -0.2) is 0 Å². The zero-order valence-electron chi connectivity index (χ0n) is 13.0. The van der Waals surface area contributed by atoms with Crippen molar-refractivity contribution in [3.05, 3.63) is 33.9 Å². The molecule has 0 saturated heterocycles. The first-order valence-corrected chi connectivity index (χ1v) is 7.49. The zero-order valence-corrected chi connectivity index (χ0v) is 14.5. The van der Waals surface area contributed by atoms with E-state index in [9.17, 15) is 9.90 Å². The molecule has 1 N–H and O–H groups in total. The highest BCUT2D eigenvalue weighted by Gasteiger charge is 2.33. The first-order valence-electron chi connectivity index (χ1n) is 6.69. The van der Waals surface area contributed by atoms with Crippen LogP contribution in [0.25, 0.3) is 0 Å². The number of ether oxygens (including phenoxy) is 2. The molecule has 0 aliphatic carbocycles. The number of aliphatic hydroxyl groups excluding tert-OH is 1. The Morgan fingerprint density at radius 3 is 2.50 bits per heavy atom. The summed E-state index contributed by atoms with van der Waals surface area (Å²) < 4.78 is 11.0. The smallest absolute Gasteiger partial charge is 0.255 e. The lowest BCUT2D eigenvalue weighted by molar-refractivity contribution is -0.154. The van der Waals surface area contributed by atoms with Crippen LogP contribution in [0.4, 0.5) is 0 Å². The lowest BCUT2D eigenvalue weighted by atomic mass is 10.1. The average Bonchev–Trinajstić information content (AvgIpc) is 2.54. The second-order valence-electron chi connectivity index (χ2n) is 5.00. The predicted molar refractivity (Wildman–Crippen MR) is 85.5 cm³/mol. The molecule has 7 heteroatoms. The summed E-state index contributed by atoms with van der Waals surface area (Å²) in [6.45, 7) is 1.98. The molecule has 1 aromatic rings. The van der Waals surface area contributed by atoms with Gasteiger partial charge in [-0.3, -0.25) is 9.69 Å². The number of hydrogen-bond donors (Lipinski definition) is 1. The molecule has 1 unspecified atom stereocenters. The van der Waals surface area contributed by atoms with E-state index in [1.54, 1.807) is 45.2 Å². The van der Waals surface area contributed by atoms with Crippen molar-refractivity contribution in [3.8, 4) is 11.5 Å². The van der Waals surface area contributed by atoms with Gasteiger partial charge in [0.2, 0.25) is 6.35 Å². The summed E-state index contributed by atoms with van der Waals surface area (Å²) in [6.07, 6.45) is -1.03. The van der Waals surface area contributed by atoms with Gasteiger partial charge in [0.15, 0.2) is 11.5 Å². The van der Waals surface area contributed by atoms with E-state index < -0.39 is 6.35 Å². The Kier molecular flexibility index (Phi) is 4.97. The fourth-order valence-electron chi connectivity index (χ4n) is 2.31. The van der Waals surface area contributed by atoms with Crippen LogP contribution in [0.5, 0.6) is 11.5 Å². The topological polar surface area (TPSA) is 62.2 Å². The second kappa shape index (κ2) is 6.58. The second-order valence-corrected chi connectivity index (χ2v) is 5.75. The minimum atomic E-state index is -1.03. The SMILES string of the molecule is COc1ccc(CN2C(=O)C(C)=C(Br)N(C)C2O)cc1OC. The van der Waals surface area contributed by atoms with Crippen LogP contribution in [-0.4, -0.2) is 48.4 Å². The summed E-state index contributed by atoms with van der Waals surface area (Å²) in [5, 5.41) is 10.3. The van der Waals surface area contributed by atoms with Crippen molar-refractivity contribution in [3.63, 3.8) is 0 Å². The van der Waals surface area contributed by atoms with Gasteiger partial charge in [-0.1, -0.05) is 6.07 Å². The number of benzene rings is 1. The van der Waals surface area contributed by atoms with Crippen molar-refractivity contribution < 1.29 is 19.4 Å². The molecular weight excluding hydrogens is 352 g/mol. The van der Waals surface area contributed by atoms with E-state index in [0.717, 1.165) is 5.56 Å². The third-order valence-electron chi connectivity index (χ3n) is 3.63. The fraction of sp³-hybridized carbons (Fsp3) is 0.400. The first-order chi connectivity index (χ1) is 10.4. The molecule has 22 heavy (non-hydrogen) atoms. The molecule has 1 atom stereocenters. The minimum absolute atomic E-state index is 0.216. The maximum atomic E-state index is 12.4. The molecule has 2 rings (SSSR count). The lowest BCUT2D eigenvalue weighted by Gasteiger charge is -2.39. The van der Waals surface area contributed by atoms with Gasteiger partial charge < -0.3 is 19.5 Å². The average molecular weight is 371 g/mol. The largest absolute Gasteiger partial charge is 0.493 e. The van der Waals surface area contributed by atoms with Gasteiger partial charge in [-0.2, -0.15) is 0 Å². The third kappa shape index (κ3) is 2.91. The number of rotatable bonds is 4. The highest BCUT2D eigenvalue weighted by molar-refractivity contribution is 9.11. The van der Waals surface area contributed by atoms with Crippen LogP contribution in [0.1, 0.15) is 12.5 Å². The molecular formula is C15H19BrN2O4. The van der Waals surface area contributed by atoms with Crippen molar-refractivity contribution in [1.82, 2.24) is 9.80 Å². The molecule has 1 heterocycles. The van der Waals surface area contributed by atoms with Crippen molar-refractivity contribution in [2.45, 2.75) is 19.8 Å². The Labute approximate surface area is 138 Å². The molecule has 0 aromatic heterocycles. The predicted octanol–water partition coefficient (Wildman–Crippen LogP) is 1.88. The van der Waals surface area contributed by atoms with Crippen LogP contribution >= 0.6 is 15.9 Å². The highest BCUT2D eigenvalue weighted by atomic mass is 79.9. The standard InChI is InChI=1S/C15H19BrN2O4/c1-9-13(16)17(2)15(20)18(14(9)19)8-10-5-6-11(21-3)12(7-10)22-4/h5-7,15,20H,8H2,1-4H3. The summed E-state index contributed by atoms with van der Waals surface area (Å²) in [7, 11) is 4.84. The summed E-state index contributed by atoms with van der Waals surface area (Å²) in [4.78, 5) is 15.4. The van der Waals surface area contributed by atoms with E-state index in [1.807, 2.05) is 6.07 Å². The van der Waals surface area contributed by atoms with E-state index in [2.05, 4.69) is 15.9 Å². The Hall–Kier alpha value is -1.73. The van der Waals surface area contributed by atoms with Crippen LogP contribution in [0.15, 0.2) is 28.4 Å². The quantitative estimate of drug-likeness (QED) is 0.819. The van der Waals surface area contributed by atoms with Gasteiger partial charge in [-0.05, 0) is 40.5 Å². The number of halogens is 1. The maximum absolute atomic E-state index is 12.4. The van der Waals surface area contributed by atoms with Crippen LogP contribution < -0.4 is 9.47 Å². The number of carbonyl (C=O) groups is 1. The van der Waals surface area contributed by atoms with Crippen LogP contribution in [-0.2, 0) is 11.3 Å². The molecule has 0 saturated carbocycles. The van der Waals surface area contributed by atoms with E-state index in [1.165, 1.54) is 4.90 Å². The van der Waals surface area contributed by atoms with Crippen molar-refractivity contribution in [2.75, 3.05) is 21.3 Å². The molecule has 0 spiro atoms. The monoisotopic (exact) mass is 370 g/mol. The van der Waals surface area contributed by atoms with E-state index in [0.29, 0.717) is 21.7 Å². The van der Waals surface area contributed by atoms with Crippen LogP contribution in [0, 0.1) is 0 Å². The van der Waals surface area contributed by atoms with E-state index in [-0.39, 0.29) is 12.5 Å². The number of methoxy groups -OCH3 is 2. The maximum Gasteiger partial charge on any atom is 0.255 e. The van der Waals surface area contributed by atoms with E-state index >= 15 is 0 Å². The number of nitrogens with zero attached hydrogens (tertiary/aromatic N) is 2. The summed E-state index contributed by atoms with van der Waals surface area (Å²) in [5.74, 6) is 0.987. The van der Waals surface area contributed by atoms with Crippen molar-refractivity contribution in [2.24, 2.45) is 0 Å². The summed E-state index contributed by atoms with van der Waals surface area (Å²) >= 11 is 3.32. The first kappa shape index (κ1) is 16.6. The number of hydrogen-bond acceptors (Lipinski definition) is 5. The van der Waals surface area contributed by atoms with Crippen molar-refractivity contribution >= 4 is 21.8 Å². The van der Waals surface area contributed by atoms with Gasteiger partial charge in [0.1, 0.15) is 0 Å². The van der Waals surface area contributed by atoms with Crippen LogP contribution in [0.3, 0.4) is 0 Å². The number of aliphatic hydroxyl groups is 1. The van der Waals surface area contributed by atoms with Gasteiger partial charge in [0, 0.05) is 12.6 Å². The van der Waals surface area contributed by atoms with Gasteiger partial charge in [0.25, 0.3) is 5.91 Å². The molecule has 120 valence electrons. The Morgan fingerprint density at radius 2 is 1.91 bits per heavy atom. The van der Waals surface area contributed by atoms with Crippen LogP contribution in [0.2, 0.25) is 0 Å². The minimum Gasteiger partial charge on any atom is -0.493 e. The number of amides is 1. The summed E-state index contributed by atoms with van der Waals surface area (Å²) in [6, 6.07) is 5.41. The van der Waals surface area contributed by atoms with Gasteiger partial charge in [-0.15, -0.1) is 0 Å². The number of carbonyl (C=O) groups excluding carboxylic acids is 1. The van der Waals surface area contributed by atoms with Gasteiger partial charge in [0.05, 0.1) is 25.4 Å². The molecule has 6 nitrogen and oxygen atoms in total. The zero-order chi connectivity index (χ0) is 16.4. The van der Waals surface area contributed by atoms with Gasteiger partial charge >= 0.3 is 0 Å². The highest BCUT2D eigenvalue weighted by Crippen LogP contribution is 2.31. The molecule has 0 radical (unpaired) electrons. The normalized spacial score (nSPS) is 18.8. The molecule has 1 aliphatic rings. The Bertz CT molecular complexity index is 618. The molecule has 1 amide bonds. The molecule has 1 aliphatic heterocycles. The van der Waals surface area contributed by atoms with Crippen molar-refractivity contribution in [1.29, 1.82) is 0 Å². The fourth-order valence-corrected chi connectivity index (χ4v) is 2.67. The Morgan fingerprint density at radius 1 is 1.27 bits per heavy atom. The third-order valence-corrected chi connectivity index (χ3v) is 4.78. The molecule has 1 aromatic carbocycles. The summed E-state index contributed by atoms with van der Waals surface area (Å²) in [5.41, 5.74) is 1.39. The van der Waals surface area contributed by atoms with E-state index in [4.69, 9.17) is 9.47 Å². The molecule has 0 bridgehead atoms. The lowest BCUT2D eigenvalue weighted by Crippen LogP contribution is -2.52.